The number of imide groups is 1. The first kappa shape index (κ1) is 15.9. The van der Waals surface area contributed by atoms with Gasteiger partial charge in [0.15, 0.2) is 5.78 Å². The largest absolute Gasteiger partial charge is 0.465 e. The normalized spacial score (nSPS) is 16.2. The van der Waals surface area contributed by atoms with Gasteiger partial charge >= 0.3 is 5.97 Å². The fourth-order valence-electron chi connectivity index (χ4n) is 2.43. The van der Waals surface area contributed by atoms with E-state index < -0.39 is 35.5 Å². The number of carbonyl (C=O) groups is 4. The first-order valence-electron chi connectivity index (χ1n) is 7.07. The zero-order valence-corrected chi connectivity index (χ0v) is 12.7. The highest BCUT2D eigenvalue weighted by Crippen LogP contribution is 2.25. The monoisotopic (exact) mass is 303 g/mol. The smallest absolute Gasteiger partial charge is 0.316 e. The quantitative estimate of drug-likeness (QED) is 0.467. The highest BCUT2D eigenvalue weighted by atomic mass is 16.5. The topological polar surface area (TPSA) is 80.8 Å². The maximum Gasteiger partial charge on any atom is 0.316 e. The number of fused-ring (bicyclic) bond motifs is 1. The number of Topliss-reactive ketones (excluding diaryl/α,β-unsaturated/α-hetero) is 1. The molecule has 1 aromatic rings. The summed E-state index contributed by atoms with van der Waals surface area (Å²) in [6.45, 7) is 4.66. The Morgan fingerprint density at radius 2 is 1.59 bits per heavy atom. The molecule has 0 saturated heterocycles. The van der Waals surface area contributed by atoms with Crippen LogP contribution in [0.1, 0.15) is 41.5 Å². The fourth-order valence-corrected chi connectivity index (χ4v) is 2.43. The van der Waals surface area contributed by atoms with Crippen LogP contribution < -0.4 is 0 Å². The molecule has 0 spiro atoms. The number of rotatable bonds is 5. The van der Waals surface area contributed by atoms with E-state index in [1.54, 1.807) is 31.2 Å². The predicted octanol–water partition coefficient (Wildman–Crippen LogP) is 1.44. The number of ether oxygens (including phenoxy) is 1. The molecule has 2 amide bonds. The van der Waals surface area contributed by atoms with Crippen LogP contribution in [-0.2, 0) is 14.3 Å². The third kappa shape index (κ3) is 2.52. The zero-order chi connectivity index (χ0) is 16.4. The van der Waals surface area contributed by atoms with E-state index in [1.807, 2.05) is 0 Å². The summed E-state index contributed by atoms with van der Waals surface area (Å²) in [7, 11) is 0. The van der Waals surface area contributed by atoms with E-state index in [-0.39, 0.29) is 17.7 Å². The molecule has 0 unspecified atom stereocenters. The van der Waals surface area contributed by atoms with E-state index in [1.165, 1.54) is 13.8 Å². The minimum Gasteiger partial charge on any atom is -0.465 e. The van der Waals surface area contributed by atoms with Crippen molar-refractivity contribution >= 4 is 23.6 Å². The van der Waals surface area contributed by atoms with Gasteiger partial charge in [-0.2, -0.15) is 0 Å². The van der Waals surface area contributed by atoms with E-state index in [0.29, 0.717) is 0 Å². The Kier molecular flexibility index (Phi) is 4.40. The van der Waals surface area contributed by atoms with Gasteiger partial charge in [0.25, 0.3) is 11.8 Å². The predicted molar refractivity (Wildman–Crippen MR) is 77.2 cm³/mol. The van der Waals surface area contributed by atoms with Gasteiger partial charge in [0.1, 0.15) is 5.92 Å². The lowest BCUT2D eigenvalue weighted by atomic mass is 10.00. The average molecular weight is 303 g/mol. The van der Waals surface area contributed by atoms with Crippen molar-refractivity contribution in [1.82, 2.24) is 4.90 Å². The molecular formula is C16H17NO5. The van der Waals surface area contributed by atoms with Crippen molar-refractivity contribution < 1.29 is 23.9 Å². The van der Waals surface area contributed by atoms with Crippen LogP contribution in [-0.4, -0.2) is 41.1 Å². The van der Waals surface area contributed by atoms with Gasteiger partial charge < -0.3 is 4.74 Å². The highest BCUT2D eigenvalue weighted by Gasteiger charge is 2.42. The van der Waals surface area contributed by atoms with Crippen LogP contribution in [0.5, 0.6) is 0 Å². The fraction of sp³-hybridized carbons (Fsp3) is 0.375. The summed E-state index contributed by atoms with van der Waals surface area (Å²) in [4.78, 5) is 49.5. The van der Waals surface area contributed by atoms with Crippen LogP contribution in [0.25, 0.3) is 0 Å². The van der Waals surface area contributed by atoms with Crippen LogP contribution in [0.4, 0.5) is 0 Å². The standard InChI is InChI=1S/C16H17NO5/c1-4-22-16(21)9(2)13(18)10(3)17-14(19)11-7-5-6-8-12(11)15(17)20/h5-10H,4H2,1-3H3/t9-,10-/m0/s1. The molecule has 1 aliphatic heterocycles. The Morgan fingerprint density at radius 3 is 2.05 bits per heavy atom. The van der Waals surface area contributed by atoms with Gasteiger partial charge in [0.2, 0.25) is 0 Å². The van der Waals surface area contributed by atoms with Crippen molar-refractivity contribution in [3.05, 3.63) is 35.4 Å². The molecule has 2 atom stereocenters. The van der Waals surface area contributed by atoms with Crippen LogP contribution in [0, 0.1) is 5.92 Å². The summed E-state index contributed by atoms with van der Waals surface area (Å²) in [5.74, 6) is -3.24. The van der Waals surface area contributed by atoms with E-state index in [2.05, 4.69) is 0 Å². The highest BCUT2D eigenvalue weighted by molar-refractivity contribution is 6.23. The Morgan fingerprint density at radius 1 is 1.09 bits per heavy atom. The summed E-state index contributed by atoms with van der Waals surface area (Å²) in [5, 5.41) is 0. The van der Waals surface area contributed by atoms with Crippen LogP contribution in [0.2, 0.25) is 0 Å². The first-order chi connectivity index (χ1) is 10.4. The van der Waals surface area contributed by atoms with Gasteiger partial charge in [0.05, 0.1) is 23.8 Å². The summed E-state index contributed by atoms with van der Waals surface area (Å²) in [5.41, 5.74) is 0.548. The maximum absolute atomic E-state index is 12.3. The molecule has 116 valence electrons. The molecule has 22 heavy (non-hydrogen) atoms. The third-order valence-corrected chi connectivity index (χ3v) is 3.69. The Hall–Kier alpha value is -2.50. The van der Waals surface area contributed by atoms with Crippen molar-refractivity contribution in [1.29, 1.82) is 0 Å². The molecule has 0 aliphatic carbocycles. The second-order valence-corrected chi connectivity index (χ2v) is 5.08. The number of amides is 2. The summed E-state index contributed by atoms with van der Waals surface area (Å²) in [6.07, 6.45) is 0. The van der Waals surface area contributed by atoms with E-state index in [9.17, 15) is 19.2 Å². The Balaban J connectivity index is 2.23. The molecule has 0 aromatic heterocycles. The second-order valence-electron chi connectivity index (χ2n) is 5.08. The summed E-state index contributed by atoms with van der Waals surface area (Å²) < 4.78 is 4.80. The molecule has 0 saturated carbocycles. The second kappa shape index (κ2) is 6.09. The first-order valence-corrected chi connectivity index (χ1v) is 7.07. The van der Waals surface area contributed by atoms with Gasteiger partial charge in [-0.3, -0.25) is 24.1 Å². The van der Waals surface area contributed by atoms with Crippen LogP contribution in [0.15, 0.2) is 24.3 Å². The number of ketones is 1. The van der Waals surface area contributed by atoms with Crippen molar-refractivity contribution in [3.63, 3.8) is 0 Å². The van der Waals surface area contributed by atoms with E-state index in [4.69, 9.17) is 4.74 Å². The van der Waals surface area contributed by atoms with Gasteiger partial charge in [0, 0.05) is 0 Å². The molecular weight excluding hydrogens is 286 g/mol. The number of esters is 1. The molecule has 6 nitrogen and oxygen atoms in total. The molecule has 1 heterocycles. The Labute approximate surface area is 128 Å². The lowest BCUT2D eigenvalue weighted by Gasteiger charge is -2.23. The molecule has 1 aliphatic rings. The van der Waals surface area contributed by atoms with Crippen molar-refractivity contribution in [2.75, 3.05) is 6.61 Å². The van der Waals surface area contributed by atoms with Crippen LogP contribution in [0.3, 0.4) is 0 Å². The SMILES string of the molecule is CCOC(=O)[C@@H](C)C(=O)[C@H](C)N1C(=O)c2ccccc2C1=O. The lowest BCUT2D eigenvalue weighted by molar-refractivity contribution is -0.151. The maximum atomic E-state index is 12.3. The molecule has 1 aromatic carbocycles. The average Bonchev–Trinajstić information content (AvgIpc) is 2.77. The number of nitrogens with zero attached hydrogens (tertiary/aromatic N) is 1. The molecule has 0 radical (unpaired) electrons. The molecule has 6 heteroatoms. The van der Waals surface area contributed by atoms with Crippen molar-refractivity contribution in [2.45, 2.75) is 26.8 Å². The molecule has 0 bridgehead atoms. The van der Waals surface area contributed by atoms with Crippen molar-refractivity contribution in [3.8, 4) is 0 Å². The van der Waals surface area contributed by atoms with Crippen LogP contribution >= 0.6 is 0 Å². The number of carbonyl (C=O) groups excluding carboxylic acids is 4. The van der Waals surface area contributed by atoms with Gasteiger partial charge in [-0.15, -0.1) is 0 Å². The van der Waals surface area contributed by atoms with E-state index >= 15 is 0 Å². The van der Waals surface area contributed by atoms with Gasteiger partial charge in [-0.1, -0.05) is 12.1 Å². The van der Waals surface area contributed by atoms with Gasteiger partial charge in [-0.25, -0.2) is 0 Å². The zero-order valence-electron chi connectivity index (χ0n) is 12.7. The molecule has 0 fully saturated rings. The number of hydrogen-bond acceptors (Lipinski definition) is 5. The number of hydrogen-bond donors (Lipinski definition) is 0. The summed E-state index contributed by atoms with van der Waals surface area (Å²) in [6, 6.07) is 5.37. The number of benzene rings is 1. The minimum atomic E-state index is -1.03. The lowest BCUT2D eigenvalue weighted by Crippen LogP contribution is -2.46. The van der Waals surface area contributed by atoms with E-state index in [0.717, 1.165) is 4.90 Å². The van der Waals surface area contributed by atoms with Gasteiger partial charge in [-0.05, 0) is 32.9 Å². The third-order valence-electron chi connectivity index (χ3n) is 3.69. The minimum absolute atomic E-state index is 0.165. The van der Waals surface area contributed by atoms with Crippen molar-refractivity contribution in [2.24, 2.45) is 5.92 Å². The Bertz CT molecular complexity index is 617. The summed E-state index contributed by atoms with van der Waals surface area (Å²) >= 11 is 0. The molecule has 2 rings (SSSR count). The molecule has 0 N–H and O–H groups in total.